The number of hydrogen-bond donors (Lipinski definition) is 1. The maximum atomic E-state index is 13.4. The molecule has 0 aliphatic carbocycles. The van der Waals surface area contributed by atoms with E-state index in [1.165, 1.54) is 24.3 Å². The van der Waals surface area contributed by atoms with Gasteiger partial charge in [0.25, 0.3) is 5.91 Å². The molecule has 0 unspecified atom stereocenters. The number of carbonyl (C=O) groups excluding carboxylic acids is 1. The van der Waals surface area contributed by atoms with Crippen molar-refractivity contribution >= 4 is 34.8 Å². The molecule has 0 aliphatic rings. The van der Waals surface area contributed by atoms with Gasteiger partial charge in [-0.2, -0.15) is 0 Å². The van der Waals surface area contributed by atoms with Crippen molar-refractivity contribution in [2.45, 2.75) is 0 Å². The Labute approximate surface area is 118 Å². The third kappa shape index (κ3) is 2.85. The van der Waals surface area contributed by atoms with Gasteiger partial charge >= 0.3 is 0 Å². The van der Waals surface area contributed by atoms with E-state index in [0.717, 1.165) is 12.1 Å². The van der Waals surface area contributed by atoms with E-state index in [2.05, 4.69) is 5.32 Å². The summed E-state index contributed by atoms with van der Waals surface area (Å²) in [5.41, 5.74) is -0.486. The quantitative estimate of drug-likeness (QED) is 0.868. The van der Waals surface area contributed by atoms with E-state index < -0.39 is 23.2 Å². The molecule has 2 nitrogen and oxygen atoms in total. The lowest BCUT2D eigenvalue weighted by Gasteiger charge is -2.09. The van der Waals surface area contributed by atoms with Gasteiger partial charge in [-0.05, 0) is 24.3 Å². The van der Waals surface area contributed by atoms with E-state index in [-0.39, 0.29) is 15.6 Å². The van der Waals surface area contributed by atoms with Crippen molar-refractivity contribution < 1.29 is 13.6 Å². The molecule has 0 spiro atoms. The first-order valence-corrected chi connectivity index (χ1v) is 5.95. The van der Waals surface area contributed by atoms with Gasteiger partial charge in [-0.3, -0.25) is 4.79 Å². The van der Waals surface area contributed by atoms with E-state index >= 15 is 0 Å². The van der Waals surface area contributed by atoms with Crippen LogP contribution in [0.4, 0.5) is 14.5 Å². The monoisotopic (exact) mass is 301 g/mol. The molecule has 0 heterocycles. The standard InChI is InChI=1S/C13H7Cl2F2NO/c14-8-4-1-3-7(11(8)15)13(19)18-12-9(16)5-2-6-10(12)17/h1-6H,(H,18,19). The fraction of sp³-hybridized carbons (Fsp3) is 0. The molecule has 0 saturated carbocycles. The number of hydrogen-bond acceptors (Lipinski definition) is 1. The van der Waals surface area contributed by atoms with Crippen LogP contribution in [-0.2, 0) is 0 Å². The molecule has 0 atom stereocenters. The van der Waals surface area contributed by atoms with Gasteiger partial charge in [-0.1, -0.05) is 35.3 Å². The van der Waals surface area contributed by atoms with Gasteiger partial charge in [-0.15, -0.1) is 0 Å². The van der Waals surface area contributed by atoms with Crippen molar-refractivity contribution in [1.82, 2.24) is 0 Å². The molecule has 0 aromatic heterocycles. The Morgan fingerprint density at radius 2 is 1.58 bits per heavy atom. The van der Waals surface area contributed by atoms with E-state index in [9.17, 15) is 13.6 Å². The minimum atomic E-state index is -0.869. The van der Waals surface area contributed by atoms with Crippen LogP contribution in [0.2, 0.25) is 10.0 Å². The molecule has 0 saturated heterocycles. The van der Waals surface area contributed by atoms with Crippen LogP contribution in [0.15, 0.2) is 36.4 Å². The van der Waals surface area contributed by atoms with Crippen LogP contribution in [0.25, 0.3) is 0 Å². The summed E-state index contributed by atoms with van der Waals surface area (Å²) >= 11 is 11.6. The molecule has 19 heavy (non-hydrogen) atoms. The lowest BCUT2D eigenvalue weighted by molar-refractivity contribution is 0.102. The molecule has 0 radical (unpaired) electrons. The maximum Gasteiger partial charge on any atom is 0.257 e. The summed E-state index contributed by atoms with van der Waals surface area (Å²) in [7, 11) is 0. The molecule has 2 aromatic rings. The molecule has 1 amide bonds. The van der Waals surface area contributed by atoms with Crippen LogP contribution in [-0.4, -0.2) is 5.91 Å². The predicted molar refractivity (Wildman–Crippen MR) is 70.8 cm³/mol. The van der Waals surface area contributed by atoms with Crippen LogP contribution in [0.1, 0.15) is 10.4 Å². The molecule has 2 rings (SSSR count). The Kier molecular flexibility index (Phi) is 4.02. The molecule has 0 aliphatic heterocycles. The zero-order chi connectivity index (χ0) is 14.0. The van der Waals surface area contributed by atoms with Gasteiger partial charge in [0.15, 0.2) is 0 Å². The summed E-state index contributed by atoms with van der Waals surface area (Å²) in [6.45, 7) is 0. The van der Waals surface area contributed by atoms with E-state index in [0.29, 0.717) is 0 Å². The molecule has 2 aromatic carbocycles. The van der Waals surface area contributed by atoms with E-state index in [1.54, 1.807) is 0 Å². The molecular formula is C13H7Cl2F2NO. The normalized spacial score (nSPS) is 10.3. The van der Waals surface area contributed by atoms with Crippen molar-refractivity contribution in [1.29, 1.82) is 0 Å². The zero-order valence-electron chi connectivity index (χ0n) is 9.38. The van der Waals surface area contributed by atoms with Gasteiger partial charge < -0.3 is 5.32 Å². The Morgan fingerprint density at radius 1 is 1.00 bits per heavy atom. The summed E-state index contributed by atoms with van der Waals surface area (Å²) in [6, 6.07) is 7.71. The molecule has 98 valence electrons. The Balaban J connectivity index is 2.34. The van der Waals surface area contributed by atoms with Crippen molar-refractivity contribution in [2.24, 2.45) is 0 Å². The Hall–Kier alpha value is -1.65. The summed E-state index contributed by atoms with van der Waals surface area (Å²) < 4.78 is 26.8. The van der Waals surface area contributed by atoms with Gasteiger partial charge in [-0.25, -0.2) is 8.78 Å². The van der Waals surface area contributed by atoms with Crippen LogP contribution in [0.3, 0.4) is 0 Å². The molecular weight excluding hydrogens is 295 g/mol. The first-order valence-electron chi connectivity index (χ1n) is 5.20. The fourth-order valence-electron chi connectivity index (χ4n) is 1.48. The number of carbonyl (C=O) groups is 1. The van der Waals surface area contributed by atoms with Crippen molar-refractivity contribution in [3.05, 3.63) is 63.6 Å². The predicted octanol–water partition coefficient (Wildman–Crippen LogP) is 4.52. The van der Waals surface area contributed by atoms with Gasteiger partial charge in [0.2, 0.25) is 0 Å². The number of nitrogens with one attached hydrogen (secondary N) is 1. The lowest BCUT2D eigenvalue weighted by Crippen LogP contribution is -2.14. The maximum absolute atomic E-state index is 13.4. The number of anilines is 1. The van der Waals surface area contributed by atoms with Crippen LogP contribution < -0.4 is 5.32 Å². The summed E-state index contributed by atoms with van der Waals surface area (Å²) in [5.74, 6) is -2.48. The number of benzene rings is 2. The second-order valence-corrected chi connectivity index (χ2v) is 4.44. The van der Waals surface area contributed by atoms with Crippen molar-refractivity contribution in [3.63, 3.8) is 0 Å². The van der Waals surface area contributed by atoms with Gasteiger partial charge in [0.1, 0.15) is 17.3 Å². The minimum Gasteiger partial charge on any atom is -0.317 e. The summed E-state index contributed by atoms with van der Waals surface area (Å²) in [6.07, 6.45) is 0. The first-order chi connectivity index (χ1) is 9.00. The highest BCUT2D eigenvalue weighted by Crippen LogP contribution is 2.27. The fourth-order valence-corrected chi connectivity index (χ4v) is 1.86. The lowest BCUT2D eigenvalue weighted by atomic mass is 10.2. The molecule has 1 N–H and O–H groups in total. The number of rotatable bonds is 2. The highest BCUT2D eigenvalue weighted by molar-refractivity contribution is 6.44. The van der Waals surface area contributed by atoms with Gasteiger partial charge in [0, 0.05) is 0 Å². The molecule has 0 fully saturated rings. The second kappa shape index (κ2) is 5.55. The molecule has 6 heteroatoms. The van der Waals surface area contributed by atoms with E-state index in [4.69, 9.17) is 23.2 Å². The minimum absolute atomic E-state index is 0.0263. The Bertz CT molecular complexity index is 626. The number of amides is 1. The Morgan fingerprint density at radius 3 is 2.21 bits per heavy atom. The van der Waals surface area contributed by atoms with Crippen molar-refractivity contribution in [2.75, 3.05) is 5.32 Å². The SMILES string of the molecule is O=C(Nc1c(F)cccc1F)c1cccc(Cl)c1Cl. The third-order valence-electron chi connectivity index (χ3n) is 2.40. The van der Waals surface area contributed by atoms with Crippen molar-refractivity contribution in [3.8, 4) is 0 Å². The third-order valence-corrected chi connectivity index (χ3v) is 3.22. The van der Waals surface area contributed by atoms with Crippen LogP contribution in [0, 0.1) is 11.6 Å². The van der Waals surface area contributed by atoms with Gasteiger partial charge in [0.05, 0.1) is 15.6 Å². The van der Waals surface area contributed by atoms with E-state index in [1.807, 2.05) is 0 Å². The largest absolute Gasteiger partial charge is 0.317 e. The summed E-state index contributed by atoms with van der Waals surface area (Å²) in [4.78, 5) is 11.9. The number of para-hydroxylation sites is 1. The number of halogens is 4. The van der Waals surface area contributed by atoms with Crippen LogP contribution >= 0.6 is 23.2 Å². The van der Waals surface area contributed by atoms with Crippen LogP contribution in [0.5, 0.6) is 0 Å². The molecule has 0 bridgehead atoms. The topological polar surface area (TPSA) is 29.1 Å². The average molecular weight is 302 g/mol. The highest BCUT2D eigenvalue weighted by atomic mass is 35.5. The smallest absolute Gasteiger partial charge is 0.257 e. The second-order valence-electron chi connectivity index (χ2n) is 3.65. The first kappa shape index (κ1) is 13.8. The summed E-state index contributed by atoms with van der Waals surface area (Å²) in [5, 5.41) is 2.34. The highest BCUT2D eigenvalue weighted by Gasteiger charge is 2.16. The zero-order valence-corrected chi connectivity index (χ0v) is 10.9. The average Bonchev–Trinajstić information content (AvgIpc) is 2.37.